The highest BCUT2D eigenvalue weighted by atomic mass is 15.2. The van der Waals surface area contributed by atoms with Crippen LogP contribution in [0.25, 0.3) is 0 Å². The average Bonchev–Trinajstić information content (AvgIpc) is 3.22. The Morgan fingerprint density at radius 2 is 1.82 bits per heavy atom. The summed E-state index contributed by atoms with van der Waals surface area (Å²) in [7, 11) is 0. The molecule has 2 saturated carbocycles. The van der Waals surface area contributed by atoms with Crippen molar-refractivity contribution in [2.75, 3.05) is 39.3 Å². The van der Waals surface area contributed by atoms with E-state index in [1.807, 2.05) is 0 Å². The first-order chi connectivity index (χ1) is 8.43. The van der Waals surface area contributed by atoms with Crippen molar-refractivity contribution in [3.63, 3.8) is 0 Å². The Balaban J connectivity index is 1.35. The minimum atomic E-state index is 0.875. The second kappa shape index (κ2) is 5.68. The van der Waals surface area contributed by atoms with E-state index in [2.05, 4.69) is 15.5 Å². The fraction of sp³-hybridized carbons (Fsp3) is 1.00. The van der Waals surface area contributed by atoms with Crippen LogP contribution < -0.4 is 10.6 Å². The molecule has 0 aromatic heterocycles. The average molecular weight is 237 g/mol. The predicted molar refractivity (Wildman–Crippen MR) is 71.2 cm³/mol. The monoisotopic (exact) mass is 237 g/mol. The minimum Gasteiger partial charge on any atom is -0.315 e. The van der Waals surface area contributed by atoms with Gasteiger partial charge in [0.2, 0.25) is 0 Å². The standard InChI is InChI=1S/C14H27N3/c1-6-15-7-10-17(9-1)11-8-16-14(12-2-3-12)13-4-5-13/h12-16H,1-11H2. The maximum absolute atomic E-state index is 3.85. The summed E-state index contributed by atoms with van der Waals surface area (Å²) in [4.78, 5) is 2.61. The summed E-state index contributed by atoms with van der Waals surface area (Å²) in [5.41, 5.74) is 0. The van der Waals surface area contributed by atoms with Crippen LogP contribution in [0.1, 0.15) is 32.1 Å². The van der Waals surface area contributed by atoms with Crippen LogP contribution in [0.15, 0.2) is 0 Å². The van der Waals surface area contributed by atoms with E-state index < -0.39 is 0 Å². The van der Waals surface area contributed by atoms with E-state index in [0.29, 0.717) is 0 Å². The first kappa shape index (κ1) is 11.9. The van der Waals surface area contributed by atoms with Crippen molar-refractivity contribution in [2.45, 2.75) is 38.1 Å². The number of nitrogens with zero attached hydrogens (tertiary/aromatic N) is 1. The van der Waals surface area contributed by atoms with Gasteiger partial charge in [0.15, 0.2) is 0 Å². The lowest BCUT2D eigenvalue weighted by molar-refractivity contribution is 0.279. The topological polar surface area (TPSA) is 27.3 Å². The Kier molecular flexibility index (Phi) is 3.99. The summed E-state index contributed by atoms with van der Waals surface area (Å²) >= 11 is 0. The van der Waals surface area contributed by atoms with E-state index in [4.69, 9.17) is 0 Å². The molecule has 0 amide bonds. The van der Waals surface area contributed by atoms with Gasteiger partial charge >= 0.3 is 0 Å². The third-order valence-corrected chi connectivity index (χ3v) is 4.50. The zero-order valence-corrected chi connectivity index (χ0v) is 11.0. The van der Waals surface area contributed by atoms with Crippen LogP contribution in [0.2, 0.25) is 0 Å². The smallest absolute Gasteiger partial charge is 0.0124 e. The highest BCUT2D eigenvalue weighted by molar-refractivity contribution is 4.96. The lowest BCUT2D eigenvalue weighted by atomic mass is 10.1. The third-order valence-electron chi connectivity index (χ3n) is 4.50. The minimum absolute atomic E-state index is 0.875. The van der Waals surface area contributed by atoms with E-state index in [9.17, 15) is 0 Å². The molecule has 1 aliphatic heterocycles. The van der Waals surface area contributed by atoms with Crippen LogP contribution in [0, 0.1) is 11.8 Å². The van der Waals surface area contributed by atoms with Crippen molar-refractivity contribution in [2.24, 2.45) is 11.8 Å². The van der Waals surface area contributed by atoms with Crippen LogP contribution in [0.4, 0.5) is 0 Å². The molecule has 3 heteroatoms. The largest absolute Gasteiger partial charge is 0.315 e. The molecule has 0 aromatic rings. The van der Waals surface area contributed by atoms with Gasteiger partial charge in [0.25, 0.3) is 0 Å². The molecule has 0 bridgehead atoms. The molecule has 3 aliphatic rings. The molecular weight excluding hydrogens is 210 g/mol. The van der Waals surface area contributed by atoms with E-state index in [-0.39, 0.29) is 0 Å². The number of rotatable bonds is 6. The van der Waals surface area contributed by atoms with Gasteiger partial charge in [0.1, 0.15) is 0 Å². The van der Waals surface area contributed by atoms with Gasteiger partial charge in [0, 0.05) is 32.2 Å². The second-order valence-corrected chi connectivity index (χ2v) is 6.10. The molecule has 1 heterocycles. The molecule has 0 spiro atoms. The zero-order chi connectivity index (χ0) is 11.5. The highest BCUT2D eigenvalue weighted by Crippen LogP contribution is 2.44. The summed E-state index contributed by atoms with van der Waals surface area (Å²) in [5.74, 6) is 2.07. The number of hydrogen-bond donors (Lipinski definition) is 2. The van der Waals surface area contributed by atoms with E-state index in [1.54, 1.807) is 0 Å². The van der Waals surface area contributed by atoms with Gasteiger partial charge in [-0.3, -0.25) is 0 Å². The summed E-state index contributed by atoms with van der Waals surface area (Å²) in [6, 6.07) is 0.875. The normalized spacial score (nSPS) is 27.4. The Bertz CT molecular complexity index is 216. The summed E-state index contributed by atoms with van der Waals surface area (Å²) in [5, 5.41) is 7.32. The van der Waals surface area contributed by atoms with Crippen LogP contribution >= 0.6 is 0 Å². The molecule has 0 atom stereocenters. The molecule has 3 rings (SSSR count). The molecule has 2 aliphatic carbocycles. The summed E-state index contributed by atoms with van der Waals surface area (Å²) < 4.78 is 0. The summed E-state index contributed by atoms with van der Waals surface area (Å²) in [6.07, 6.45) is 7.27. The van der Waals surface area contributed by atoms with Gasteiger partial charge in [0.05, 0.1) is 0 Å². The van der Waals surface area contributed by atoms with Crippen molar-refractivity contribution in [3.05, 3.63) is 0 Å². The lowest BCUT2D eigenvalue weighted by Crippen LogP contribution is -2.40. The van der Waals surface area contributed by atoms with Crippen molar-refractivity contribution in [3.8, 4) is 0 Å². The Hall–Kier alpha value is -0.120. The van der Waals surface area contributed by atoms with Crippen molar-refractivity contribution >= 4 is 0 Å². The van der Waals surface area contributed by atoms with Crippen LogP contribution in [-0.2, 0) is 0 Å². The molecule has 98 valence electrons. The van der Waals surface area contributed by atoms with Crippen LogP contribution in [-0.4, -0.2) is 50.2 Å². The summed E-state index contributed by atoms with van der Waals surface area (Å²) in [6.45, 7) is 7.35. The van der Waals surface area contributed by atoms with Gasteiger partial charge in [-0.15, -0.1) is 0 Å². The zero-order valence-electron chi connectivity index (χ0n) is 11.0. The van der Waals surface area contributed by atoms with E-state index in [0.717, 1.165) is 17.9 Å². The maximum Gasteiger partial charge on any atom is 0.0124 e. The third kappa shape index (κ3) is 3.67. The number of nitrogens with one attached hydrogen (secondary N) is 2. The fourth-order valence-electron chi connectivity index (χ4n) is 3.14. The molecular formula is C14H27N3. The maximum atomic E-state index is 3.85. The second-order valence-electron chi connectivity index (χ2n) is 6.10. The van der Waals surface area contributed by atoms with Crippen LogP contribution in [0.3, 0.4) is 0 Å². The molecule has 0 aromatic carbocycles. The van der Waals surface area contributed by atoms with E-state index in [1.165, 1.54) is 71.4 Å². The fourth-order valence-corrected chi connectivity index (χ4v) is 3.14. The molecule has 2 N–H and O–H groups in total. The van der Waals surface area contributed by atoms with E-state index >= 15 is 0 Å². The van der Waals surface area contributed by atoms with Gasteiger partial charge in [-0.05, 0) is 57.0 Å². The predicted octanol–water partition coefficient (Wildman–Crippen LogP) is 1.06. The lowest BCUT2D eigenvalue weighted by Gasteiger charge is -2.23. The highest BCUT2D eigenvalue weighted by Gasteiger charge is 2.40. The molecule has 1 saturated heterocycles. The Labute approximate surface area is 105 Å². The molecule has 3 nitrogen and oxygen atoms in total. The van der Waals surface area contributed by atoms with Gasteiger partial charge in [-0.25, -0.2) is 0 Å². The number of hydrogen-bond acceptors (Lipinski definition) is 3. The van der Waals surface area contributed by atoms with Crippen molar-refractivity contribution in [1.82, 2.24) is 15.5 Å². The molecule has 0 radical (unpaired) electrons. The van der Waals surface area contributed by atoms with Crippen molar-refractivity contribution in [1.29, 1.82) is 0 Å². The van der Waals surface area contributed by atoms with Gasteiger partial charge < -0.3 is 15.5 Å². The Morgan fingerprint density at radius 1 is 1.06 bits per heavy atom. The quantitative estimate of drug-likeness (QED) is 0.723. The van der Waals surface area contributed by atoms with Crippen LogP contribution in [0.5, 0.6) is 0 Å². The van der Waals surface area contributed by atoms with Crippen molar-refractivity contribution < 1.29 is 0 Å². The Morgan fingerprint density at radius 3 is 2.53 bits per heavy atom. The first-order valence-corrected chi connectivity index (χ1v) is 7.60. The van der Waals surface area contributed by atoms with Gasteiger partial charge in [-0.1, -0.05) is 0 Å². The molecule has 0 unspecified atom stereocenters. The first-order valence-electron chi connectivity index (χ1n) is 7.60. The van der Waals surface area contributed by atoms with Gasteiger partial charge in [-0.2, -0.15) is 0 Å². The SMILES string of the molecule is C1CNCCN(CCNC(C2CC2)C2CC2)C1. The molecule has 17 heavy (non-hydrogen) atoms. The molecule has 3 fully saturated rings.